The minimum atomic E-state index is -0.500. The summed E-state index contributed by atoms with van der Waals surface area (Å²) in [5.74, 6) is 0.233. The molecule has 1 atom stereocenters. The molecule has 1 unspecified atom stereocenters. The maximum Gasteiger partial charge on any atom is 0.239 e. The fraction of sp³-hybridized carbons (Fsp3) is 0.909. The molecule has 1 rings (SSSR count). The molecule has 1 aliphatic carbocycles. The number of nitrogens with zero attached hydrogens (tertiary/aromatic N) is 1. The second-order valence-corrected chi connectivity index (χ2v) is 4.47. The van der Waals surface area contributed by atoms with Crippen molar-refractivity contribution in [1.29, 1.82) is 0 Å². The Balaban J connectivity index is 2.76. The topological polar surface area (TPSA) is 58.4 Å². The predicted octanol–water partition coefficient (Wildman–Crippen LogP) is 0.182. The van der Waals surface area contributed by atoms with Gasteiger partial charge in [-0.3, -0.25) is 4.79 Å². The Morgan fingerprint density at radius 2 is 2.13 bits per heavy atom. The van der Waals surface area contributed by atoms with Crippen molar-refractivity contribution in [1.82, 2.24) is 10.2 Å². The molecule has 0 bridgehead atoms. The van der Waals surface area contributed by atoms with Gasteiger partial charge in [-0.15, -0.1) is 0 Å². The van der Waals surface area contributed by atoms with Crippen LogP contribution >= 0.6 is 0 Å². The van der Waals surface area contributed by atoms with Crippen molar-refractivity contribution >= 4 is 5.91 Å². The van der Waals surface area contributed by atoms with Crippen molar-refractivity contribution in [2.24, 2.45) is 11.7 Å². The number of nitrogens with two attached hydrogens (primary N) is 1. The Kier molecular flexibility index (Phi) is 4.11. The standard InChI is InChI=1S/C11H23N3O/c1-4-13-11(10(12)15,9-6-7-9)8-14(3)5-2/h9,13H,4-8H2,1-3H3,(H2,12,15). The molecule has 1 saturated carbocycles. The minimum absolute atomic E-state index is 0.202. The number of carbonyl (C=O) groups is 1. The summed E-state index contributed by atoms with van der Waals surface area (Å²) in [4.78, 5) is 13.8. The van der Waals surface area contributed by atoms with Crippen LogP contribution in [0.25, 0.3) is 0 Å². The highest BCUT2D eigenvalue weighted by atomic mass is 16.1. The first-order valence-corrected chi connectivity index (χ1v) is 5.80. The maximum atomic E-state index is 11.7. The number of nitrogens with one attached hydrogen (secondary N) is 1. The summed E-state index contributed by atoms with van der Waals surface area (Å²) in [5.41, 5.74) is 5.07. The molecule has 0 aliphatic heterocycles. The first-order valence-electron chi connectivity index (χ1n) is 5.80. The maximum absolute atomic E-state index is 11.7. The molecule has 88 valence electrons. The van der Waals surface area contributed by atoms with E-state index in [1.165, 1.54) is 0 Å². The van der Waals surface area contributed by atoms with Gasteiger partial charge in [-0.25, -0.2) is 0 Å². The molecule has 4 nitrogen and oxygen atoms in total. The average molecular weight is 213 g/mol. The largest absolute Gasteiger partial charge is 0.368 e. The van der Waals surface area contributed by atoms with E-state index in [1.807, 2.05) is 14.0 Å². The molecular formula is C11H23N3O. The van der Waals surface area contributed by atoms with E-state index < -0.39 is 5.54 Å². The first kappa shape index (κ1) is 12.5. The third-order valence-electron chi connectivity index (χ3n) is 3.27. The van der Waals surface area contributed by atoms with Crippen LogP contribution in [0.5, 0.6) is 0 Å². The van der Waals surface area contributed by atoms with Gasteiger partial charge in [-0.2, -0.15) is 0 Å². The quantitative estimate of drug-likeness (QED) is 0.634. The predicted molar refractivity (Wildman–Crippen MR) is 61.5 cm³/mol. The van der Waals surface area contributed by atoms with Crippen LogP contribution in [0.3, 0.4) is 0 Å². The SMILES string of the molecule is CCNC(CN(C)CC)(C(N)=O)C1CC1. The molecule has 0 spiro atoms. The van der Waals surface area contributed by atoms with E-state index in [1.54, 1.807) is 0 Å². The van der Waals surface area contributed by atoms with Crippen LogP contribution in [0.2, 0.25) is 0 Å². The van der Waals surface area contributed by atoms with Crippen LogP contribution in [0.4, 0.5) is 0 Å². The molecule has 4 heteroatoms. The molecule has 3 N–H and O–H groups in total. The van der Waals surface area contributed by atoms with Crippen molar-refractivity contribution < 1.29 is 4.79 Å². The van der Waals surface area contributed by atoms with E-state index in [0.717, 1.165) is 32.5 Å². The highest BCUT2D eigenvalue weighted by Crippen LogP contribution is 2.40. The van der Waals surface area contributed by atoms with Gasteiger partial charge in [0, 0.05) is 6.54 Å². The van der Waals surface area contributed by atoms with Crippen LogP contribution in [-0.4, -0.2) is 43.0 Å². The lowest BCUT2D eigenvalue weighted by Crippen LogP contribution is -2.62. The molecule has 0 aromatic rings. The Morgan fingerprint density at radius 3 is 2.47 bits per heavy atom. The van der Waals surface area contributed by atoms with E-state index in [4.69, 9.17) is 5.73 Å². The second kappa shape index (κ2) is 4.94. The average Bonchev–Trinajstić information content (AvgIpc) is 2.99. The molecular weight excluding hydrogens is 190 g/mol. The van der Waals surface area contributed by atoms with Crippen LogP contribution in [0.1, 0.15) is 26.7 Å². The molecule has 0 radical (unpaired) electrons. The van der Waals surface area contributed by atoms with E-state index >= 15 is 0 Å². The molecule has 15 heavy (non-hydrogen) atoms. The summed E-state index contributed by atoms with van der Waals surface area (Å²) in [5, 5.41) is 3.31. The van der Waals surface area contributed by atoms with Crippen LogP contribution < -0.4 is 11.1 Å². The van der Waals surface area contributed by atoms with Crippen LogP contribution in [0.15, 0.2) is 0 Å². The van der Waals surface area contributed by atoms with Gasteiger partial charge in [0.05, 0.1) is 0 Å². The number of primary amides is 1. The lowest BCUT2D eigenvalue weighted by molar-refractivity contribution is -0.126. The summed E-state index contributed by atoms with van der Waals surface area (Å²) in [6, 6.07) is 0. The highest BCUT2D eigenvalue weighted by molar-refractivity contribution is 5.86. The zero-order valence-corrected chi connectivity index (χ0v) is 10.0. The van der Waals surface area contributed by atoms with Gasteiger partial charge < -0.3 is 16.0 Å². The van der Waals surface area contributed by atoms with Crippen LogP contribution in [0, 0.1) is 5.92 Å². The second-order valence-electron chi connectivity index (χ2n) is 4.47. The van der Waals surface area contributed by atoms with E-state index in [2.05, 4.69) is 17.1 Å². The molecule has 0 aromatic heterocycles. The molecule has 0 saturated heterocycles. The van der Waals surface area contributed by atoms with Crippen molar-refractivity contribution in [2.45, 2.75) is 32.2 Å². The summed E-state index contributed by atoms with van der Waals surface area (Å²) >= 11 is 0. The van der Waals surface area contributed by atoms with Gasteiger partial charge in [0.25, 0.3) is 0 Å². The lowest BCUT2D eigenvalue weighted by atomic mass is 9.91. The summed E-state index contributed by atoms with van der Waals surface area (Å²) in [7, 11) is 2.03. The van der Waals surface area contributed by atoms with Crippen LogP contribution in [-0.2, 0) is 4.79 Å². The number of hydrogen-bond acceptors (Lipinski definition) is 3. The first-order chi connectivity index (χ1) is 7.06. The zero-order valence-electron chi connectivity index (χ0n) is 10.0. The lowest BCUT2D eigenvalue weighted by Gasteiger charge is -2.35. The van der Waals surface area contributed by atoms with Crippen molar-refractivity contribution in [2.75, 3.05) is 26.7 Å². The number of carbonyl (C=O) groups excluding carboxylic acids is 1. The van der Waals surface area contributed by atoms with Gasteiger partial charge in [-0.1, -0.05) is 13.8 Å². The molecule has 0 heterocycles. The number of rotatable bonds is 7. The highest BCUT2D eigenvalue weighted by Gasteiger charge is 2.49. The number of likely N-dealkylation sites (N-methyl/N-ethyl adjacent to an activating group) is 2. The fourth-order valence-corrected chi connectivity index (χ4v) is 2.12. The van der Waals surface area contributed by atoms with E-state index in [0.29, 0.717) is 5.92 Å². The Hall–Kier alpha value is -0.610. The van der Waals surface area contributed by atoms with Crippen molar-refractivity contribution in [3.63, 3.8) is 0 Å². The Labute approximate surface area is 92.2 Å². The van der Waals surface area contributed by atoms with Gasteiger partial charge in [0.2, 0.25) is 5.91 Å². The monoisotopic (exact) mass is 213 g/mol. The Bertz CT molecular complexity index is 228. The van der Waals surface area contributed by atoms with Gasteiger partial charge in [-0.05, 0) is 38.9 Å². The Morgan fingerprint density at radius 1 is 1.53 bits per heavy atom. The third-order valence-corrected chi connectivity index (χ3v) is 3.27. The fourth-order valence-electron chi connectivity index (χ4n) is 2.12. The van der Waals surface area contributed by atoms with Crippen molar-refractivity contribution in [3.8, 4) is 0 Å². The van der Waals surface area contributed by atoms with E-state index in [9.17, 15) is 4.79 Å². The molecule has 1 aliphatic rings. The van der Waals surface area contributed by atoms with Gasteiger partial charge in [0.1, 0.15) is 5.54 Å². The van der Waals surface area contributed by atoms with Gasteiger partial charge >= 0.3 is 0 Å². The zero-order chi connectivity index (χ0) is 11.5. The third kappa shape index (κ3) is 2.69. The summed E-state index contributed by atoms with van der Waals surface area (Å²) in [6.07, 6.45) is 2.24. The summed E-state index contributed by atoms with van der Waals surface area (Å²) in [6.45, 7) is 6.55. The number of amides is 1. The van der Waals surface area contributed by atoms with Crippen molar-refractivity contribution in [3.05, 3.63) is 0 Å². The normalized spacial score (nSPS) is 20.3. The van der Waals surface area contributed by atoms with E-state index in [-0.39, 0.29) is 5.91 Å². The molecule has 0 aromatic carbocycles. The molecule has 1 fully saturated rings. The minimum Gasteiger partial charge on any atom is -0.368 e. The molecule has 1 amide bonds. The van der Waals surface area contributed by atoms with Gasteiger partial charge in [0.15, 0.2) is 0 Å². The number of hydrogen-bond donors (Lipinski definition) is 2. The summed E-state index contributed by atoms with van der Waals surface area (Å²) < 4.78 is 0. The smallest absolute Gasteiger partial charge is 0.239 e.